The first-order valence-corrected chi connectivity index (χ1v) is 7.91. The third kappa shape index (κ3) is 3.38. The van der Waals surface area contributed by atoms with Gasteiger partial charge in [0.1, 0.15) is 5.82 Å². The van der Waals surface area contributed by atoms with Crippen molar-refractivity contribution in [2.75, 3.05) is 13.6 Å². The predicted octanol–water partition coefficient (Wildman–Crippen LogP) is 2.46. The van der Waals surface area contributed by atoms with Crippen LogP contribution in [-0.4, -0.2) is 34.0 Å². The van der Waals surface area contributed by atoms with E-state index in [0.717, 1.165) is 37.3 Å². The van der Waals surface area contributed by atoms with Crippen molar-refractivity contribution in [3.8, 4) is 0 Å². The molecule has 0 radical (unpaired) electrons. The van der Waals surface area contributed by atoms with E-state index in [1.54, 1.807) is 0 Å². The summed E-state index contributed by atoms with van der Waals surface area (Å²) in [6, 6.07) is 8.20. The van der Waals surface area contributed by atoms with Crippen LogP contribution in [0, 0.1) is 12.8 Å². The van der Waals surface area contributed by atoms with Gasteiger partial charge in [0.05, 0.1) is 6.42 Å². The number of aromatic nitrogens is 2. The number of carbonyl (C=O) groups is 1. The molecule has 0 N–H and O–H groups in total. The Labute approximate surface area is 131 Å². The minimum Gasteiger partial charge on any atom is -0.345 e. The summed E-state index contributed by atoms with van der Waals surface area (Å²) < 4.78 is 2.21. The molecule has 0 aliphatic carbocycles. The number of carbonyl (C=O) groups excluding carboxylic acids is 1. The molecule has 0 bridgehead atoms. The molecular formula is C18H23N3O. The van der Waals surface area contributed by atoms with Crippen LogP contribution < -0.4 is 0 Å². The van der Waals surface area contributed by atoms with Crippen molar-refractivity contribution in [2.24, 2.45) is 5.92 Å². The van der Waals surface area contributed by atoms with Crippen LogP contribution in [0.15, 0.2) is 36.7 Å². The molecule has 0 saturated heterocycles. The summed E-state index contributed by atoms with van der Waals surface area (Å²) in [6.45, 7) is 3.89. The number of benzene rings is 1. The van der Waals surface area contributed by atoms with Gasteiger partial charge in [0.2, 0.25) is 5.91 Å². The average Bonchev–Trinajstić information content (AvgIpc) is 2.97. The Morgan fingerprint density at radius 1 is 1.36 bits per heavy atom. The molecule has 1 aliphatic rings. The molecule has 4 nitrogen and oxygen atoms in total. The molecule has 2 aromatic rings. The summed E-state index contributed by atoms with van der Waals surface area (Å²) in [7, 11) is 1.91. The molecule has 0 saturated carbocycles. The molecule has 3 rings (SSSR count). The van der Waals surface area contributed by atoms with Crippen LogP contribution in [0.4, 0.5) is 0 Å². The lowest BCUT2D eigenvalue weighted by Crippen LogP contribution is -2.35. The minimum absolute atomic E-state index is 0.192. The molecule has 1 aliphatic heterocycles. The van der Waals surface area contributed by atoms with E-state index in [2.05, 4.69) is 28.6 Å². The number of rotatable bonds is 4. The van der Waals surface area contributed by atoms with Gasteiger partial charge in [0, 0.05) is 39.0 Å². The van der Waals surface area contributed by atoms with Gasteiger partial charge in [-0.05, 0) is 24.8 Å². The first-order chi connectivity index (χ1) is 10.6. The number of amides is 1. The first-order valence-electron chi connectivity index (χ1n) is 7.91. The number of likely N-dealkylation sites (N-methyl/N-ethyl adjacent to an activating group) is 1. The summed E-state index contributed by atoms with van der Waals surface area (Å²) in [5.74, 6) is 1.86. The largest absolute Gasteiger partial charge is 0.345 e. The van der Waals surface area contributed by atoms with E-state index in [0.29, 0.717) is 12.3 Å². The maximum Gasteiger partial charge on any atom is 0.226 e. The SMILES string of the molecule is Cc1ccc(CC(=O)N(C)CC2CCn3ccnc3C2)cc1. The van der Waals surface area contributed by atoms with E-state index in [1.165, 1.54) is 5.56 Å². The predicted molar refractivity (Wildman–Crippen MR) is 86.6 cm³/mol. The van der Waals surface area contributed by atoms with Crippen LogP contribution in [-0.2, 0) is 24.2 Å². The second-order valence-electron chi connectivity index (χ2n) is 6.33. The monoisotopic (exact) mass is 297 g/mol. The Kier molecular flexibility index (Phi) is 4.27. The number of imidazole rings is 1. The molecule has 22 heavy (non-hydrogen) atoms. The Hall–Kier alpha value is -2.10. The maximum absolute atomic E-state index is 12.4. The highest BCUT2D eigenvalue weighted by Crippen LogP contribution is 2.20. The lowest BCUT2D eigenvalue weighted by atomic mass is 9.97. The maximum atomic E-state index is 12.4. The number of hydrogen-bond donors (Lipinski definition) is 0. The van der Waals surface area contributed by atoms with Gasteiger partial charge in [-0.1, -0.05) is 29.8 Å². The van der Waals surface area contributed by atoms with E-state index in [9.17, 15) is 4.79 Å². The molecule has 116 valence electrons. The lowest BCUT2D eigenvalue weighted by Gasteiger charge is -2.28. The van der Waals surface area contributed by atoms with Gasteiger partial charge in [0.15, 0.2) is 0 Å². The molecule has 0 fully saturated rings. The molecule has 4 heteroatoms. The average molecular weight is 297 g/mol. The van der Waals surface area contributed by atoms with Crippen molar-refractivity contribution in [1.29, 1.82) is 0 Å². The third-order valence-electron chi connectivity index (χ3n) is 4.48. The second-order valence-corrected chi connectivity index (χ2v) is 6.33. The van der Waals surface area contributed by atoms with Crippen molar-refractivity contribution < 1.29 is 4.79 Å². The highest BCUT2D eigenvalue weighted by molar-refractivity contribution is 5.78. The van der Waals surface area contributed by atoms with Crippen molar-refractivity contribution >= 4 is 5.91 Å². The van der Waals surface area contributed by atoms with Crippen LogP contribution in [0.2, 0.25) is 0 Å². The fraction of sp³-hybridized carbons (Fsp3) is 0.444. The Morgan fingerprint density at radius 3 is 2.91 bits per heavy atom. The van der Waals surface area contributed by atoms with E-state index < -0.39 is 0 Å². The first kappa shape index (κ1) is 14.8. The van der Waals surface area contributed by atoms with Crippen LogP contribution >= 0.6 is 0 Å². The van der Waals surface area contributed by atoms with Gasteiger partial charge in [-0.3, -0.25) is 4.79 Å². The lowest BCUT2D eigenvalue weighted by molar-refractivity contribution is -0.129. The number of hydrogen-bond acceptors (Lipinski definition) is 2. The second kappa shape index (κ2) is 6.34. The summed E-state index contributed by atoms with van der Waals surface area (Å²) in [6.07, 6.45) is 6.47. The van der Waals surface area contributed by atoms with Gasteiger partial charge in [0.25, 0.3) is 0 Å². The molecule has 1 atom stereocenters. The van der Waals surface area contributed by atoms with E-state index in [-0.39, 0.29) is 5.91 Å². The van der Waals surface area contributed by atoms with Crippen LogP contribution in [0.3, 0.4) is 0 Å². The van der Waals surface area contributed by atoms with E-state index in [1.807, 2.05) is 36.5 Å². The summed E-state index contributed by atoms with van der Waals surface area (Å²) in [5.41, 5.74) is 2.31. The zero-order valence-corrected chi connectivity index (χ0v) is 13.3. The Balaban J connectivity index is 1.54. The highest BCUT2D eigenvalue weighted by Gasteiger charge is 2.22. The van der Waals surface area contributed by atoms with E-state index in [4.69, 9.17) is 0 Å². The fourth-order valence-electron chi connectivity index (χ4n) is 3.08. The topological polar surface area (TPSA) is 38.1 Å². The summed E-state index contributed by atoms with van der Waals surface area (Å²) in [4.78, 5) is 18.6. The molecule has 1 aromatic carbocycles. The van der Waals surface area contributed by atoms with Crippen molar-refractivity contribution in [2.45, 2.75) is 32.7 Å². The molecule has 1 unspecified atom stereocenters. The van der Waals surface area contributed by atoms with Gasteiger partial charge in [-0.25, -0.2) is 4.98 Å². The summed E-state index contributed by atoms with van der Waals surface area (Å²) >= 11 is 0. The van der Waals surface area contributed by atoms with E-state index >= 15 is 0 Å². The normalized spacial score (nSPS) is 17.1. The van der Waals surface area contributed by atoms with Crippen molar-refractivity contribution in [3.63, 3.8) is 0 Å². The fourth-order valence-corrected chi connectivity index (χ4v) is 3.08. The zero-order chi connectivity index (χ0) is 15.5. The number of fused-ring (bicyclic) bond motifs is 1. The summed E-state index contributed by atoms with van der Waals surface area (Å²) in [5, 5.41) is 0. The highest BCUT2D eigenvalue weighted by atomic mass is 16.2. The standard InChI is InChI=1S/C18H23N3O/c1-14-3-5-15(6-4-14)12-18(22)20(2)13-16-7-9-21-10-8-19-17(21)11-16/h3-6,8,10,16H,7,9,11-13H2,1-2H3. The van der Waals surface area contributed by atoms with Crippen molar-refractivity contribution in [1.82, 2.24) is 14.5 Å². The molecule has 0 spiro atoms. The van der Waals surface area contributed by atoms with Crippen LogP contribution in [0.1, 0.15) is 23.4 Å². The molecule has 1 amide bonds. The third-order valence-corrected chi connectivity index (χ3v) is 4.48. The smallest absolute Gasteiger partial charge is 0.226 e. The van der Waals surface area contributed by atoms with Crippen molar-refractivity contribution in [3.05, 3.63) is 53.6 Å². The Bertz CT molecular complexity index is 645. The molecule has 1 aromatic heterocycles. The van der Waals surface area contributed by atoms with Gasteiger partial charge in [-0.15, -0.1) is 0 Å². The quantitative estimate of drug-likeness (QED) is 0.869. The van der Waals surface area contributed by atoms with Gasteiger partial charge in [-0.2, -0.15) is 0 Å². The molecule has 2 heterocycles. The number of nitrogens with zero attached hydrogens (tertiary/aromatic N) is 3. The zero-order valence-electron chi connectivity index (χ0n) is 13.3. The van der Waals surface area contributed by atoms with Crippen LogP contribution in [0.25, 0.3) is 0 Å². The van der Waals surface area contributed by atoms with Gasteiger partial charge >= 0.3 is 0 Å². The van der Waals surface area contributed by atoms with Gasteiger partial charge < -0.3 is 9.47 Å². The minimum atomic E-state index is 0.192. The Morgan fingerprint density at radius 2 is 2.14 bits per heavy atom. The van der Waals surface area contributed by atoms with Crippen LogP contribution in [0.5, 0.6) is 0 Å². The number of aryl methyl sites for hydroxylation is 2. The molecular weight excluding hydrogens is 274 g/mol.